The molecule has 0 unspecified atom stereocenters. The lowest BCUT2D eigenvalue weighted by atomic mass is 9.67. The largest absolute Gasteiger partial charge is 0.481 e. The average Bonchev–Trinajstić information content (AvgIpc) is 2.18. The molecular formula is C10H19NO5S. The zero-order chi connectivity index (χ0) is 12.9. The standard InChI is InChI=1S/C10H19NO5S/c1-16-5-6-17(14,15)11-8-10(3-2-4-10)7-9(12)13/h11H,2-8H2,1H3,(H,12,13). The van der Waals surface area contributed by atoms with Crippen LogP contribution < -0.4 is 4.72 Å². The number of carboxylic acid groups (broad SMARTS) is 1. The molecule has 1 rings (SSSR count). The minimum atomic E-state index is -3.36. The third kappa shape index (κ3) is 4.61. The summed E-state index contributed by atoms with van der Waals surface area (Å²) >= 11 is 0. The molecule has 0 aromatic heterocycles. The predicted molar refractivity (Wildman–Crippen MR) is 62.2 cm³/mol. The van der Waals surface area contributed by atoms with Crippen LogP contribution in [0.25, 0.3) is 0 Å². The van der Waals surface area contributed by atoms with Crippen LogP contribution in [0.1, 0.15) is 25.7 Å². The molecule has 0 saturated heterocycles. The fourth-order valence-corrected chi connectivity index (χ4v) is 3.00. The van der Waals surface area contributed by atoms with E-state index in [9.17, 15) is 13.2 Å². The van der Waals surface area contributed by atoms with E-state index in [1.807, 2.05) is 0 Å². The first-order valence-electron chi connectivity index (χ1n) is 5.57. The Hall–Kier alpha value is -0.660. The van der Waals surface area contributed by atoms with Gasteiger partial charge in [-0.25, -0.2) is 13.1 Å². The summed E-state index contributed by atoms with van der Waals surface area (Å²) in [4.78, 5) is 10.7. The van der Waals surface area contributed by atoms with Crippen molar-refractivity contribution in [1.82, 2.24) is 4.72 Å². The Kier molecular flexibility index (Phi) is 4.91. The smallest absolute Gasteiger partial charge is 0.303 e. The molecule has 2 N–H and O–H groups in total. The molecule has 0 heterocycles. The van der Waals surface area contributed by atoms with Gasteiger partial charge >= 0.3 is 5.97 Å². The molecule has 0 aromatic carbocycles. The molecule has 0 aliphatic heterocycles. The van der Waals surface area contributed by atoms with Gasteiger partial charge in [-0.15, -0.1) is 0 Å². The fourth-order valence-electron chi connectivity index (χ4n) is 1.94. The van der Waals surface area contributed by atoms with Crippen molar-refractivity contribution < 1.29 is 23.1 Å². The van der Waals surface area contributed by atoms with Crippen molar-refractivity contribution in [3.05, 3.63) is 0 Å². The monoisotopic (exact) mass is 265 g/mol. The first kappa shape index (κ1) is 14.4. The first-order chi connectivity index (χ1) is 7.89. The Morgan fingerprint density at radius 1 is 1.47 bits per heavy atom. The van der Waals surface area contributed by atoms with Crippen LogP contribution in [-0.4, -0.2) is 45.5 Å². The maximum Gasteiger partial charge on any atom is 0.303 e. The van der Waals surface area contributed by atoms with Crippen molar-refractivity contribution in [3.63, 3.8) is 0 Å². The minimum absolute atomic E-state index is 0.0276. The Morgan fingerprint density at radius 3 is 2.53 bits per heavy atom. The Bertz CT molecular complexity index is 361. The summed E-state index contributed by atoms with van der Waals surface area (Å²) in [6.07, 6.45) is 2.53. The number of methoxy groups -OCH3 is 1. The number of rotatable bonds is 8. The molecule has 0 aromatic rings. The van der Waals surface area contributed by atoms with Gasteiger partial charge in [0, 0.05) is 13.7 Å². The van der Waals surface area contributed by atoms with E-state index in [0.29, 0.717) is 0 Å². The van der Waals surface area contributed by atoms with Gasteiger partial charge in [-0.3, -0.25) is 4.79 Å². The maximum atomic E-state index is 11.5. The molecule has 17 heavy (non-hydrogen) atoms. The van der Waals surface area contributed by atoms with E-state index in [0.717, 1.165) is 19.3 Å². The van der Waals surface area contributed by atoms with Crippen molar-refractivity contribution in [2.75, 3.05) is 26.0 Å². The van der Waals surface area contributed by atoms with Crippen molar-refractivity contribution in [2.45, 2.75) is 25.7 Å². The lowest BCUT2D eigenvalue weighted by Gasteiger charge is -2.40. The number of hydrogen-bond acceptors (Lipinski definition) is 4. The molecule has 0 bridgehead atoms. The number of ether oxygens (including phenoxy) is 1. The molecule has 1 aliphatic rings. The van der Waals surface area contributed by atoms with Gasteiger partial charge in [0.25, 0.3) is 0 Å². The van der Waals surface area contributed by atoms with Gasteiger partial charge in [-0.05, 0) is 18.3 Å². The van der Waals surface area contributed by atoms with Crippen LogP contribution >= 0.6 is 0 Å². The highest BCUT2D eigenvalue weighted by Crippen LogP contribution is 2.43. The molecule has 0 amide bonds. The van der Waals surface area contributed by atoms with Gasteiger partial charge in [0.1, 0.15) is 0 Å². The van der Waals surface area contributed by atoms with Crippen molar-refractivity contribution in [2.24, 2.45) is 5.41 Å². The number of carboxylic acids is 1. The second-order valence-corrected chi connectivity index (χ2v) is 6.48. The van der Waals surface area contributed by atoms with Crippen LogP contribution in [0.2, 0.25) is 0 Å². The Morgan fingerprint density at radius 2 is 2.12 bits per heavy atom. The molecule has 1 saturated carbocycles. The average molecular weight is 265 g/mol. The van der Waals surface area contributed by atoms with Crippen LogP contribution in [0.15, 0.2) is 0 Å². The Balaban J connectivity index is 2.45. The number of sulfonamides is 1. The molecule has 7 heteroatoms. The third-order valence-corrected chi connectivity index (χ3v) is 4.45. The van der Waals surface area contributed by atoms with E-state index < -0.39 is 16.0 Å². The molecule has 6 nitrogen and oxygen atoms in total. The van der Waals surface area contributed by atoms with Crippen LogP contribution in [0.3, 0.4) is 0 Å². The van der Waals surface area contributed by atoms with Gasteiger partial charge in [0.2, 0.25) is 10.0 Å². The topological polar surface area (TPSA) is 92.7 Å². The van der Waals surface area contributed by atoms with Gasteiger partial charge in [-0.2, -0.15) is 0 Å². The van der Waals surface area contributed by atoms with E-state index in [4.69, 9.17) is 9.84 Å². The van der Waals surface area contributed by atoms with Gasteiger partial charge in [0.15, 0.2) is 0 Å². The number of nitrogens with one attached hydrogen (secondary N) is 1. The highest BCUT2D eigenvalue weighted by atomic mass is 32.2. The fraction of sp³-hybridized carbons (Fsp3) is 0.900. The van der Waals surface area contributed by atoms with Crippen LogP contribution in [0.4, 0.5) is 0 Å². The summed E-state index contributed by atoms with van der Waals surface area (Å²) in [5, 5.41) is 8.79. The zero-order valence-electron chi connectivity index (χ0n) is 9.94. The van der Waals surface area contributed by atoms with E-state index in [1.54, 1.807) is 0 Å². The SMILES string of the molecule is COCCS(=O)(=O)NCC1(CC(=O)O)CCC1. The van der Waals surface area contributed by atoms with E-state index >= 15 is 0 Å². The van der Waals surface area contributed by atoms with Crippen molar-refractivity contribution in [1.29, 1.82) is 0 Å². The lowest BCUT2D eigenvalue weighted by molar-refractivity contribution is -0.141. The molecule has 0 radical (unpaired) electrons. The third-order valence-electron chi connectivity index (χ3n) is 3.16. The summed E-state index contributed by atoms with van der Waals surface area (Å²) in [5.41, 5.74) is -0.383. The second-order valence-electron chi connectivity index (χ2n) is 4.56. The summed E-state index contributed by atoms with van der Waals surface area (Å²) < 4.78 is 30.2. The first-order valence-corrected chi connectivity index (χ1v) is 7.22. The van der Waals surface area contributed by atoms with E-state index in [1.165, 1.54) is 7.11 Å². The predicted octanol–water partition coefficient (Wildman–Crippen LogP) is 0.197. The van der Waals surface area contributed by atoms with E-state index in [2.05, 4.69) is 4.72 Å². The molecule has 100 valence electrons. The molecule has 0 spiro atoms. The van der Waals surface area contributed by atoms with Crippen LogP contribution in [0, 0.1) is 5.41 Å². The quantitative estimate of drug-likeness (QED) is 0.654. The molecule has 1 aliphatic carbocycles. The lowest BCUT2D eigenvalue weighted by Crippen LogP contribution is -2.44. The highest BCUT2D eigenvalue weighted by Gasteiger charge is 2.39. The summed E-state index contributed by atoms with van der Waals surface area (Å²) in [7, 11) is -1.92. The summed E-state index contributed by atoms with van der Waals surface area (Å²) in [5.74, 6) is -0.965. The molecule has 0 atom stereocenters. The number of hydrogen-bond donors (Lipinski definition) is 2. The zero-order valence-corrected chi connectivity index (χ0v) is 10.8. The summed E-state index contributed by atoms with van der Waals surface area (Å²) in [6.45, 7) is 0.354. The van der Waals surface area contributed by atoms with Crippen molar-refractivity contribution in [3.8, 4) is 0 Å². The normalized spacial score (nSPS) is 18.6. The second kappa shape index (κ2) is 5.79. The van der Waals surface area contributed by atoms with Crippen LogP contribution in [-0.2, 0) is 19.6 Å². The van der Waals surface area contributed by atoms with Crippen LogP contribution in [0.5, 0.6) is 0 Å². The molecular weight excluding hydrogens is 246 g/mol. The highest BCUT2D eigenvalue weighted by molar-refractivity contribution is 7.89. The summed E-state index contributed by atoms with van der Waals surface area (Å²) in [6, 6.07) is 0. The minimum Gasteiger partial charge on any atom is -0.481 e. The van der Waals surface area contributed by atoms with Gasteiger partial charge < -0.3 is 9.84 Å². The number of aliphatic carboxylic acids is 1. The molecule has 1 fully saturated rings. The number of carbonyl (C=O) groups is 1. The van der Waals surface area contributed by atoms with Gasteiger partial charge in [0.05, 0.1) is 18.8 Å². The van der Waals surface area contributed by atoms with E-state index in [-0.39, 0.29) is 30.7 Å². The maximum absolute atomic E-state index is 11.5. The van der Waals surface area contributed by atoms with Gasteiger partial charge in [-0.1, -0.05) is 6.42 Å². The Labute approximate surface area is 101 Å². The van der Waals surface area contributed by atoms with Crippen molar-refractivity contribution >= 4 is 16.0 Å².